The Kier molecular flexibility index (Phi) is 3.31. The second-order valence-corrected chi connectivity index (χ2v) is 4.80. The Morgan fingerprint density at radius 1 is 1.00 bits per heavy atom. The van der Waals surface area contributed by atoms with Gasteiger partial charge in [0, 0.05) is 5.56 Å². The zero-order valence-electron chi connectivity index (χ0n) is 11.3. The predicted molar refractivity (Wildman–Crippen MR) is 82.0 cm³/mol. The molecule has 0 saturated carbocycles. The van der Waals surface area contributed by atoms with Crippen molar-refractivity contribution in [2.24, 2.45) is 0 Å². The van der Waals surface area contributed by atoms with Gasteiger partial charge in [-0.1, -0.05) is 42.5 Å². The molecule has 0 bridgehead atoms. The largest absolute Gasteiger partial charge is 0.394 e. The summed E-state index contributed by atoms with van der Waals surface area (Å²) in [6.45, 7) is 0.520. The van der Waals surface area contributed by atoms with E-state index in [0.717, 1.165) is 5.56 Å². The van der Waals surface area contributed by atoms with Crippen molar-refractivity contribution in [1.82, 2.24) is 9.78 Å². The minimum atomic E-state index is -0.330. The zero-order valence-corrected chi connectivity index (χ0v) is 11.3. The van der Waals surface area contributed by atoms with E-state index in [1.807, 2.05) is 30.3 Å². The van der Waals surface area contributed by atoms with Gasteiger partial charge in [-0.05, 0) is 17.7 Å². The van der Waals surface area contributed by atoms with Gasteiger partial charge in [0.2, 0.25) is 0 Å². The summed E-state index contributed by atoms with van der Waals surface area (Å²) in [6, 6.07) is 16.0. The van der Waals surface area contributed by atoms with Gasteiger partial charge in [0.15, 0.2) is 0 Å². The van der Waals surface area contributed by atoms with Crippen molar-refractivity contribution in [3.63, 3.8) is 0 Å². The van der Waals surface area contributed by atoms with Crippen LogP contribution in [-0.4, -0.2) is 9.78 Å². The Hall–Kier alpha value is -2.82. The molecule has 1 heterocycles. The third-order valence-electron chi connectivity index (χ3n) is 3.30. The van der Waals surface area contributed by atoms with Crippen LogP contribution in [0.5, 0.6) is 0 Å². The van der Waals surface area contributed by atoms with E-state index in [4.69, 9.17) is 11.5 Å². The maximum atomic E-state index is 13.3. The first-order chi connectivity index (χ1) is 10.1. The average molecular weight is 282 g/mol. The van der Waals surface area contributed by atoms with Crippen LogP contribution in [-0.2, 0) is 6.54 Å². The molecule has 3 rings (SSSR count). The second kappa shape index (κ2) is 5.28. The normalized spacial score (nSPS) is 10.7. The SMILES string of the molecule is Nc1c(-c2cccc(F)c2)nn(Cc2ccccc2)c1N. The third-order valence-corrected chi connectivity index (χ3v) is 3.30. The maximum absolute atomic E-state index is 13.3. The zero-order chi connectivity index (χ0) is 14.8. The first-order valence-electron chi connectivity index (χ1n) is 6.57. The van der Waals surface area contributed by atoms with Crippen molar-refractivity contribution < 1.29 is 4.39 Å². The molecule has 4 N–H and O–H groups in total. The lowest BCUT2D eigenvalue weighted by molar-refractivity contribution is 0.628. The molecule has 0 saturated heterocycles. The molecule has 0 unspecified atom stereocenters. The summed E-state index contributed by atoms with van der Waals surface area (Å²) in [5.41, 5.74) is 14.6. The van der Waals surface area contributed by atoms with Crippen LogP contribution in [0.4, 0.5) is 15.9 Å². The smallest absolute Gasteiger partial charge is 0.146 e. The Bertz CT molecular complexity index is 765. The lowest BCUT2D eigenvalue weighted by Crippen LogP contribution is -2.06. The Morgan fingerprint density at radius 2 is 1.76 bits per heavy atom. The maximum Gasteiger partial charge on any atom is 0.146 e. The van der Waals surface area contributed by atoms with Crippen LogP contribution < -0.4 is 11.5 Å². The monoisotopic (exact) mass is 282 g/mol. The first-order valence-corrected chi connectivity index (χ1v) is 6.57. The van der Waals surface area contributed by atoms with E-state index in [2.05, 4.69) is 5.10 Å². The van der Waals surface area contributed by atoms with Crippen molar-refractivity contribution in [2.75, 3.05) is 11.5 Å². The summed E-state index contributed by atoms with van der Waals surface area (Å²) in [4.78, 5) is 0. The van der Waals surface area contributed by atoms with E-state index in [-0.39, 0.29) is 5.82 Å². The lowest BCUT2D eigenvalue weighted by Gasteiger charge is -2.03. The third kappa shape index (κ3) is 2.58. The van der Waals surface area contributed by atoms with Crippen LogP contribution in [0.25, 0.3) is 11.3 Å². The highest BCUT2D eigenvalue weighted by Crippen LogP contribution is 2.30. The molecule has 2 aromatic carbocycles. The number of rotatable bonds is 3. The van der Waals surface area contributed by atoms with Crippen molar-refractivity contribution in [1.29, 1.82) is 0 Å². The number of hydrogen-bond acceptors (Lipinski definition) is 3. The summed E-state index contributed by atoms with van der Waals surface area (Å²) in [7, 11) is 0. The molecule has 106 valence electrons. The standard InChI is InChI=1S/C16H15FN4/c17-13-8-4-7-12(9-13)15-14(18)16(19)21(20-15)10-11-5-2-1-3-6-11/h1-9H,10,18-19H2. The van der Waals surface area contributed by atoms with E-state index in [0.29, 0.717) is 29.3 Å². The molecule has 0 atom stereocenters. The van der Waals surface area contributed by atoms with Gasteiger partial charge in [-0.3, -0.25) is 0 Å². The Balaban J connectivity index is 1.99. The van der Waals surface area contributed by atoms with Crippen LogP contribution in [0, 0.1) is 5.82 Å². The summed E-state index contributed by atoms with van der Waals surface area (Å²) in [5.74, 6) is 0.0567. The van der Waals surface area contributed by atoms with E-state index < -0.39 is 0 Å². The summed E-state index contributed by atoms with van der Waals surface area (Å²) in [5, 5.41) is 4.42. The number of anilines is 2. The predicted octanol–water partition coefficient (Wildman–Crippen LogP) is 2.90. The summed E-state index contributed by atoms with van der Waals surface area (Å²) >= 11 is 0. The molecule has 1 aromatic heterocycles. The van der Waals surface area contributed by atoms with Crippen molar-refractivity contribution in [3.05, 3.63) is 66.0 Å². The molecule has 4 nitrogen and oxygen atoms in total. The Morgan fingerprint density at radius 3 is 2.48 bits per heavy atom. The number of halogens is 1. The molecule has 21 heavy (non-hydrogen) atoms. The number of benzene rings is 2. The fraction of sp³-hybridized carbons (Fsp3) is 0.0625. The van der Waals surface area contributed by atoms with Crippen molar-refractivity contribution in [3.8, 4) is 11.3 Å². The quantitative estimate of drug-likeness (QED) is 0.776. The minimum Gasteiger partial charge on any atom is -0.394 e. The molecule has 5 heteroatoms. The van der Waals surface area contributed by atoms with Crippen LogP contribution in [0.1, 0.15) is 5.56 Å². The van der Waals surface area contributed by atoms with E-state index in [1.54, 1.807) is 16.8 Å². The molecule has 0 radical (unpaired) electrons. The molecule has 0 amide bonds. The number of aromatic nitrogens is 2. The fourth-order valence-electron chi connectivity index (χ4n) is 2.21. The molecular weight excluding hydrogens is 267 g/mol. The van der Waals surface area contributed by atoms with E-state index >= 15 is 0 Å². The van der Waals surface area contributed by atoms with Crippen molar-refractivity contribution >= 4 is 11.5 Å². The van der Waals surface area contributed by atoms with Crippen molar-refractivity contribution in [2.45, 2.75) is 6.54 Å². The highest BCUT2D eigenvalue weighted by atomic mass is 19.1. The molecule has 0 aliphatic heterocycles. The van der Waals surface area contributed by atoms with Gasteiger partial charge >= 0.3 is 0 Å². The average Bonchev–Trinajstić information content (AvgIpc) is 2.77. The highest BCUT2D eigenvalue weighted by molar-refractivity contribution is 5.80. The fourth-order valence-corrected chi connectivity index (χ4v) is 2.21. The van der Waals surface area contributed by atoms with Crippen LogP contribution >= 0.6 is 0 Å². The molecule has 0 fully saturated rings. The molecule has 3 aromatic rings. The van der Waals surface area contributed by atoms with Gasteiger partial charge in [-0.2, -0.15) is 5.10 Å². The first kappa shape index (κ1) is 13.2. The van der Waals surface area contributed by atoms with Gasteiger partial charge < -0.3 is 11.5 Å². The molecule has 0 aliphatic rings. The second-order valence-electron chi connectivity index (χ2n) is 4.80. The van der Waals surface area contributed by atoms with Crippen LogP contribution in [0.2, 0.25) is 0 Å². The molecule has 0 spiro atoms. The number of nitrogens with zero attached hydrogens (tertiary/aromatic N) is 2. The number of nitrogens with two attached hydrogens (primary N) is 2. The lowest BCUT2D eigenvalue weighted by atomic mass is 10.1. The van der Waals surface area contributed by atoms with Gasteiger partial charge in [-0.25, -0.2) is 9.07 Å². The highest BCUT2D eigenvalue weighted by Gasteiger charge is 2.15. The van der Waals surface area contributed by atoms with Crippen LogP contribution in [0.3, 0.4) is 0 Å². The van der Waals surface area contributed by atoms with Gasteiger partial charge in [0.1, 0.15) is 23.0 Å². The number of hydrogen-bond donors (Lipinski definition) is 2. The van der Waals surface area contributed by atoms with Crippen LogP contribution in [0.15, 0.2) is 54.6 Å². The number of nitrogen functional groups attached to an aromatic ring is 2. The summed E-state index contributed by atoms with van der Waals surface area (Å²) < 4.78 is 15.0. The van der Waals surface area contributed by atoms with E-state index in [9.17, 15) is 4.39 Å². The molecular formula is C16H15FN4. The minimum absolute atomic E-state index is 0.330. The summed E-state index contributed by atoms with van der Waals surface area (Å²) in [6.07, 6.45) is 0. The topological polar surface area (TPSA) is 69.9 Å². The van der Waals surface area contributed by atoms with Gasteiger partial charge in [-0.15, -0.1) is 0 Å². The van der Waals surface area contributed by atoms with Gasteiger partial charge in [0.25, 0.3) is 0 Å². The van der Waals surface area contributed by atoms with Gasteiger partial charge in [0.05, 0.1) is 6.54 Å². The molecule has 0 aliphatic carbocycles. The Labute approximate surface area is 121 Å². The van der Waals surface area contributed by atoms with E-state index in [1.165, 1.54) is 12.1 Å².